The van der Waals surface area contributed by atoms with Gasteiger partial charge in [0.1, 0.15) is 5.75 Å². The van der Waals surface area contributed by atoms with Gasteiger partial charge in [-0.3, -0.25) is 4.79 Å². The molecule has 0 spiro atoms. The van der Waals surface area contributed by atoms with Crippen molar-refractivity contribution in [1.29, 1.82) is 0 Å². The Balaban J connectivity index is 2.50. The average molecular weight is 266 g/mol. The van der Waals surface area contributed by atoms with Crippen molar-refractivity contribution in [3.05, 3.63) is 47.7 Å². The van der Waals surface area contributed by atoms with Crippen LogP contribution in [0.2, 0.25) is 0 Å². The Morgan fingerprint density at radius 3 is 2.20 bits per heavy atom. The average Bonchev–Trinajstić information content (AvgIpc) is 2.44. The second-order valence-corrected chi connectivity index (χ2v) is 4.51. The first-order chi connectivity index (χ1) is 9.58. The molecular formula is C16H10O4. The summed E-state index contributed by atoms with van der Waals surface area (Å²) in [7, 11) is 0. The molecule has 0 radical (unpaired) electrons. The maximum absolute atomic E-state index is 11.4. The molecule has 4 heteroatoms. The Morgan fingerprint density at radius 2 is 1.55 bits per heavy atom. The highest BCUT2D eigenvalue weighted by Crippen LogP contribution is 2.30. The van der Waals surface area contributed by atoms with Gasteiger partial charge in [-0.25, -0.2) is 4.79 Å². The van der Waals surface area contributed by atoms with E-state index in [0.29, 0.717) is 10.6 Å². The molecule has 98 valence electrons. The third-order valence-corrected chi connectivity index (χ3v) is 3.28. The van der Waals surface area contributed by atoms with Crippen LogP contribution in [0, 0.1) is 0 Å². The van der Waals surface area contributed by atoms with Gasteiger partial charge in [0, 0.05) is 16.8 Å². The van der Waals surface area contributed by atoms with Crippen LogP contribution < -0.4 is 5.22 Å². The summed E-state index contributed by atoms with van der Waals surface area (Å²) >= 11 is 0. The summed E-state index contributed by atoms with van der Waals surface area (Å²) in [5.74, 6) is -2.50. The predicted molar refractivity (Wildman–Crippen MR) is 75.4 cm³/mol. The van der Waals surface area contributed by atoms with Crippen LogP contribution >= 0.6 is 0 Å². The highest BCUT2D eigenvalue weighted by molar-refractivity contribution is 6.45. The normalized spacial score (nSPS) is 12.1. The van der Waals surface area contributed by atoms with E-state index in [-0.39, 0.29) is 5.75 Å². The minimum Gasteiger partial charge on any atom is -0.507 e. The fraction of sp³-hybridized carbons (Fsp3) is 0. The van der Waals surface area contributed by atoms with E-state index in [0.717, 1.165) is 22.2 Å². The van der Waals surface area contributed by atoms with Crippen LogP contribution in [0.1, 0.15) is 0 Å². The molecule has 0 heterocycles. The van der Waals surface area contributed by atoms with Crippen LogP contribution in [-0.2, 0) is 9.59 Å². The number of hydrogen-bond acceptors (Lipinski definition) is 3. The molecule has 0 unspecified atom stereocenters. The molecule has 0 amide bonds. The molecule has 3 aromatic rings. The highest BCUT2D eigenvalue weighted by Gasteiger charge is 2.11. The van der Waals surface area contributed by atoms with Gasteiger partial charge in [-0.1, -0.05) is 36.4 Å². The molecule has 0 aliphatic heterocycles. The van der Waals surface area contributed by atoms with Crippen LogP contribution in [0.15, 0.2) is 42.5 Å². The zero-order chi connectivity index (χ0) is 14.3. The number of phenolic OH excluding ortho intramolecular Hbond substituents is 1. The first-order valence-corrected chi connectivity index (χ1v) is 6.00. The van der Waals surface area contributed by atoms with E-state index in [2.05, 4.69) is 0 Å². The number of phenols is 1. The second kappa shape index (κ2) is 4.35. The van der Waals surface area contributed by atoms with Crippen molar-refractivity contribution >= 4 is 39.4 Å². The van der Waals surface area contributed by atoms with Crippen molar-refractivity contribution in [2.75, 3.05) is 0 Å². The second-order valence-electron chi connectivity index (χ2n) is 4.51. The summed E-state index contributed by atoms with van der Waals surface area (Å²) in [5.41, 5.74) is 0. The molecule has 0 saturated heterocycles. The molecule has 0 bridgehead atoms. The Bertz CT molecular complexity index is 893. The summed E-state index contributed by atoms with van der Waals surface area (Å²) in [6, 6.07) is 12.5. The van der Waals surface area contributed by atoms with E-state index in [1.54, 1.807) is 24.3 Å². The monoisotopic (exact) mass is 266 g/mol. The number of carboxylic acids is 1. The molecule has 0 fully saturated rings. The molecule has 0 atom stereocenters. The van der Waals surface area contributed by atoms with Crippen molar-refractivity contribution in [1.82, 2.24) is 0 Å². The van der Waals surface area contributed by atoms with Crippen molar-refractivity contribution in [2.24, 2.45) is 0 Å². The van der Waals surface area contributed by atoms with Crippen LogP contribution in [0.25, 0.3) is 27.6 Å². The SMILES string of the molecule is O=C(O)C(=O)/C=c1\ccc2cccc3ccc(O)c1c32. The van der Waals surface area contributed by atoms with E-state index >= 15 is 0 Å². The summed E-state index contributed by atoms with van der Waals surface area (Å²) in [4.78, 5) is 22.0. The zero-order valence-corrected chi connectivity index (χ0v) is 10.3. The van der Waals surface area contributed by atoms with E-state index in [1.807, 2.05) is 18.2 Å². The summed E-state index contributed by atoms with van der Waals surface area (Å²) in [6.07, 6.45) is 1.03. The van der Waals surface area contributed by atoms with Gasteiger partial charge in [-0.15, -0.1) is 0 Å². The molecule has 0 aliphatic carbocycles. The molecule has 0 aromatic heterocycles. The molecule has 20 heavy (non-hydrogen) atoms. The molecule has 4 nitrogen and oxygen atoms in total. The van der Waals surface area contributed by atoms with Crippen molar-refractivity contribution in [3.63, 3.8) is 0 Å². The number of rotatable bonds is 2. The first-order valence-electron chi connectivity index (χ1n) is 6.00. The van der Waals surface area contributed by atoms with E-state index in [9.17, 15) is 14.7 Å². The highest BCUT2D eigenvalue weighted by atomic mass is 16.4. The van der Waals surface area contributed by atoms with Gasteiger partial charge < -0.3 is 10.2 Å². The fourth-order valence-electron chi connectivity index (χ4n) is 2.41. The van der Waals surface area contributed by atoms with Crippen LogP contribution in [0.5, 0.6) is 5.75 Å². The molecule has 0 saturated carbocycles. The number of benzene rings is 3. The Morgan fingerprint density at radius 1 is 0.900 bits per heavy atom. The Labute approximate surface area is 113 Å². The lowest BCUT2D eigenvalue weighted by atomic mass is 9.98. The van der Waals surface area contributed by atoms with Gasteiger partial charge in [0.15, 0.2) is 0 Å². The molecule has 0 aliphatic rings. The minimum absolute atomic E-state index is 0.0266. The minimum atomic E-state index is -1.52. The van der Waals surface area contributed by atoms with E-state index in [1.165, 1.54) is 0 Å². The van der Waals surface area contributed by atoms with Gasteiger partial charge >= 0.3 is 5.97 Å². The lowest BCUT2D eigenvalue weighted by molar-refractivity contribution is -0.146. The van der Waals surface area contributed by atoms with Gasteiger partial charge in [-0.05, 0) is 22.1 Å². The number of carbonyl (C=O) groups excluding carboxylic acids is 1. The van der Waals surface area contributed by atoms with Crippen LogP contribution in [-0.4, -0.2) is 22.0 Å². The molecule has 3 rings (SSSR count). The first kappa shape index (κ1) is 12.2. The number of Topliss-reactive ketones (excluding diaryl/α,β-unsaturated/α-hetero) is 1. The van der Waals surface area contributed by atoms with Gasteiger partial charge in [0.25, 0.3) is 5.78 Å². The van der Waals surface area contributed by atoms with Crippen LogP contribution in [0.4, 0.5) is 0 Å². The third kappa shape index (κ3) is 1.78. The number of ketones is 1. The molecule has 3 aromatic carbocycles. The van der Waals surface area contributed by atoms with Gasteiger partial charge in [-0.2, -0.15) is 0 Å². The topological polar surface area (TPSA) is 74.6 Å². The molecular weight excluding hydrogens is 256 g/mol. The smallest absolute Gasteiger partial charge is 0.376 e. The van der Waals surface area contributed by atoms with Crippen LogP contribution in [0.3, 0.4) is 0 Å². The standard InChI is InChI=1S/C16H10O4/c17-12-7-6-10-3-1-2-9-4-5-11(15(12)14(9)10)8-13(18)16(19)20/h1-8,17H,(H,19,20)/b11-8+. The maximum atomic E-state index is 11.4. The Kier molecular flexibility index (Phi) is 2.64. The van der Waals surface area contributed by atoms with Gasteiger partial charge in [0.2, 0.25) is 0 Å². The van der Waals surface area contributed by atoms with E-state index in [4.69, 9.17) is 5.11 Å². The lowest BCUT2D eigenvalue weighted by Crippen LogP contribution is -2.14. The van der Waals surface area contributed by atoms with Crippen molar-refractivity contribution in [2.45, 2.75) is 0 Å². The number of carbonyl (C=O) groups is 2. The summed E-state index contributed by atoms with van der Waals surface area (Å²) < 4.78 is 0. The fourth-order valence-corrected chi connectivity index (χ4v) is 2.41. The van der Waals surface area contributed by atoms with Crippen molar-refractivity contribution in [3.8, 4) is 5.75 Å². The number of carboxylic acid groups (broad SMARTS) is 1. The number of aliphatic carboxylic acids is 1. The quantitative estimate of drug-likeness (QED) is 0.694. The summed E-state index contributed by atoms with van der Waals surface area (Å²) in [6.45, 7) is 0. The van der Waals surface area contributed by atoms with Gasteiger partial charge in [0.05, 0.1) is 0 Å². The van der Waals surface area contributed by atoms with Crippen molar-refractivity contribution < 1.29 is 19.8 Å². The zero-order valence-electron chi connectivity index (χ0n) is 10.3. The summed E-state index contributed by atoms with van der Waals surface area (Å²) in [5, 5.41) is 22.3. The number of hydrogen-bond donors (Lipinski definition) is 2. The lowest BCUT2D eigenvalue weighted by Gasteiger charge is -2.07. The Hall–Kier alpha value is -2.88. The number of aromatic hydroxyl groups is 1. The maximum Gasteiger partial charge on any atom is 0.376 e. The predicted octanol–water partition coefficient (Wildman–Crippen LogP) is 1.85. The van der Waals surface area contributed by atoms with E-state index < -0.39 is 11.8 Å². The third-order valence-electron chi connectivity index (χ3n) is 3.28. The largest absolute Gasteiger partial charge is 0.507 e. The molecule has 2 N–H and O–H groups in total.